The molecule has 2 unspecified atom stereocenters. The van der Waals surface area contributed by atoms with E-state index in [9.17, 15) is 13.6 Å². The number of aryl methyl sites for hydroxylation is 1. The van der Waals surface area contributed by atoms with Gasteiger partial charge in [0.25, 0.3) is 0 Å². The predicted octanol–water partition coefficient (Wildman–Crippen LogP) is 4.44. The van der Waals surface area contributed by atoms with Gasteiger partial charge in [0.05, 0.1) is 30.7 Å². The van der Waals surface area contributed by atoms with E-state index in [1.165, 1.54) is 0 Å². The van der Waals surface area contributed by atoms with Crippen molar-refractivity contribution in [1.82, 2.24) is 24.7 Å². The van der Waals surface area contributed by atoms with Gasteiger partial charge in [-0.05, 0) is 42.8 Å². The van der Waals surface area contributed by atoms with Crippen molar-refractivity contribution in [2.75, 3.05) is 40.5 Å². The van der Waals surface area contributed by atoms with E-state index in [1.54, 1.807) is 41.5 Å². The molecule has 14 heteroatoms. The first-order valence-corrected chi connectivity index (χ1v) is 14.5. The van der Waals surface area contributed by atoms with Gasteiger partial charge in [0.2, 0.25) is 5.95 Å². The molecule has 3 aromatic heterocycles. The maximum Gasteiger partial charge on any atom is 0.324 e. The van der Waals surface area contributed by atoms with E-state index in [0.717, 1.165) is 16.9 Å². The average Bonchev–Trinajstić information content (AvgIpc) is 3.40. The first kappa shape index (κ1) is 29.1. The van der Waals surface area contributed by atoms with Crippen LogP contribution in [0, 0.1) is 6.92 Å². The van der Waals surface area contributed by atoms with Crippen LogP contribution in [-0.2, 0) is 21.2 Å². The number of nitrogens with one attached hydrogen (secondary N) is 3. The molecule has 0 spiro atoms. The minimum Gasteiger partial charge on any atom is -0.359 e. The third-order valence-corrected chi connectivity index (χ3v) is 7.31. The zero-order valence-corrected chi connectivity index (χ0v) is 24.6. The van der Waals surface area contributed by atoms with E-state index in [-0.39, 0.29) is 12.0 Å². The van der Waals surface area contributed by atoms with Gasteiger partial charge in [0, 0.05) is 41.8 Å². The average molecular weight is 592 g/mol. The lowest BCUT2D eigenvalue weighted by Crippen LogP contribution is -2.44. The minimum atomic E-state index is -2.09. The highest BCUT2D eigenvalue weighted by molar-refractivity contribution is 7.79. The molecule has 2 amide bonds. The zero-order chi connectivity index (χ0) is 29.9. The lowest BCUT2D eigenvalue weighted by atomic mass is 9.92. The van der Waals surface area contributed by atoms with Crippen molar-refractivity contribution in [2.24, 2.45) is 0 Å². The fourth-order valence-corrected chi connectivity index (χ4v) is 4.80. The van der Waals surface area contributed by atoms with Crippen molar-refractivity contribution in [1.29, 1.82) is 0 Å². The molecule has 0 aliphatic carbocycles. The normalized spacial score (nSPS) is 16.1. The number of urea groups is 1. The highest BCUT2D eigenvalue weighted by atomic mass is 32.2. The third-order valence-electron chi connectivity index (χ3n) is 6.58. The summed E-state index contributed by atoms with van der Waals surface area (Å²) in [5.41, 5.74) is 2.70. The summed E-state index contributed by atoms with van der Waals surface area (Å²) in [5.74, 6) is 1.47. The summed E-state index contributed by atoms with van der Waals surface area (Å²) in [5, 5.41) is 13.7. The van der Waals surface area contributed by atoms with Crippen molar-refractivity contribution >= 4 is 46.1 Å². The Balaban J connectivity index is 1.31. The Morgan fingerprint density at radius 1 is 1.14 bits per heavy atom. The van der Waals surface area contributed by atoms with Crippen molar-refractivity contribution in [3.63, 3.8) is 0 Å². The molecule has 0 bridgehead atoms. The van der Waals surface area contributed by atoms with Crippen LogP contribution in [0.25, 0.3) is 5.69 Å². The smallest absolute Gasteiger partial charge is 0.324 e. The van der Waals surface area contributed by atoms with Crippen LogP contribution in [0.2, 0.25) is 0 Å². The SMILES string of the molecule is Cc1ccc(NC(=O)Nc2cc(C(C)(C)C)nn2-c2cccnc2)cc1Nc1nccc(N2CCOC(S(=O)O)C2)n1. The summed E-state index contributed by atoms with van der Waals surface area (Å²) in [6.45, 7) is 9.20. The van der Waals surface area contributed by atoms with E-state index in [4.69, 9.17) is 9.84 Å². The quantitative estimate of drug-likeness (QED) is 0.226. The summed E-state index contributed by atoms with van der Waals surface area (Å²) < 4.78 is 27.9. The van der Waals surface area contributed by atoms with Crippen LogP contribution < -0.4 is 20.9 Å². The molecule has 1 aromatic carbocycles. The van der Waals surface area contributed by atoms with E-state index in [0.29, 0.717) is 42.1 Å². The van der Waals surface area contributed by atoms with Crippen LogP contribution in [-0.4, -0.2) is 64.7 Å². The number of pyridine rings is 1. The second kappa shape index (κ2) is 12.2. The monoisotopic (exact) mass is 591 g/mol. The standard InChI is InChI=1S/C28H33N9O4S/c1-18-7-8-19(14-21(18)32-26-30-11-9-23(33-26)36-12-13-41-25(17-36)42(39)40)31-27(38)34-24-15-22(28(2,3)4)35-37(24)20-6-5-10-29-16-20/h5-11,14-16,25H,12-13,17H2,1-4H3,(H,39,40)(H,30,32,33)(H2,31,34,38). The lowest BCUT2D eigenvalue weighted by molar-refractivity contribution is 0.0899. The number of hydrogen-bond acceptors (Lipinski definition) is 9. The molecular formula is C28H33N9O4S. The van der Waals surface area contributed by atoms with Gasteiger partial charge in [-0.25, -0.2) is 18.7 Å². The van der Waals surface area contributed by atoms with Gasteiger partial charge in [-0.15, -0.1) is 0 Å². The lowest BCUT2D eigenvalue weighted by Gasteiger charge is -2.31. The molecule has 0 radical (unpaired) electrons. The van der Waals surface area contributed by atoms with Crippen molar-refractivity contribution in [2.45, 2.75) is 38.5 Å². The molecule has 5 rings (SSSR count). The van der Waals surface area contributed by atoms with Gasteiger partial charge in [-0.1, -0.05) is 26.8 Å². The number of morpholine rings is 1. The summed E-state index contributed by atoms with van der Waals surface area (Å²) in [6.07, 6.45) is 4.98. The van der Waals surface area contributed by atoms with Crippen LogP contribution in [0.4, 0.5) is 33.8 Å². The molecule has 4 aromatic rings. The minimum absolute atomic E-state index is 0.224. The molecule has 1 aliphatic heterocycles. The topological polar surface area (TPSA) is 159 Å². The van der Waals surface area contributed by atoms with Gasteiger partial charge < -0.3 is 24.8 Å². The van der Waals surface area contributed by atoms with Gasteiger partial charge >= 0.3 is 6.03 Å². The van der Waals surface area contributed by atoms with Crippen molar-refractivity contribution in [3.05, 3.63) is 72.3 Å². The van der Waals surface area contributed by atoms with Crippen LogP contribution in [0.3, 0.4) is 0 Å². The number of nitrogens with zero attached hydrogens (tertiary/aromatic N) is 6. The van der Waals surface area contributed by atoms with Gasteiger partial charge in [0.1, 0.15) is 11.6 Å². The first-order valence-electron chi connectivity index (χ1n) is 13.3. The highest BCUT2D eigenvalue weighted by Gasteiger charge is 2.26. The molecule has 13 nitrogen and oxygen atoms in total. The second-order valence-corrected chi connectivity index (χ2v) is 11.9. The second-order valence-electron chi connectivity index (χ2n) is 10.8. The largest absolute Gasteiger partial charge is 0.359 e. The fourth-order valence-electron chi connectivity index (χ4n) is 4.28. The van der Waals surface area contributed by atoms with Crippen LogP contribution >= 0.6 is 0 Å². The fraction of sp³-hybridized carbons (Fsp3) is 0.321. The Morgan fingerprint density at radius 2 is 1.98 bits per heavy atom. The molecule has 42 heavy (non-hydrogen) atoms. The summed E-state index contributed by atoms with van der Waals surface area (Å²) in [7, 11) is 0. The van der Waals surface area contributed by atoms with Gasteiger partial charge in [-0.3, -0.25) is 10.3 Å². The maximum absolute atomic E-state index is 13.1. The Bertz CT molecular complexity index is 1590. The van der Waals surface area contributed by atoms with Crippen LogP contribution in [0.5, 0.6) is 0 Å². The van der Waals surface area contributed by atoms with E-state index in [2.05, 4.69) is 51.7 Å². The van der Waals surface area contributed by atoms with Crippen LogP contribution in [0.15, 0.2) is 61.1 Å². The molecule has 1 aliphatic rings. The third kappa shape index (κ3) is 6.90. The van der Waals surface area contributed by atoms with Crippen LogP contribution in [0.1, 0.15) is 32.0 Å². The Kier molecular flexibility index (Phi) is 8.47. The number of ether oxygens (including phenoxy) is 1. The van der Waals surface area contributed by atoms with Gasteiger partial charge in [0.15, 0.2) is 16.5 Å². The molecule has 2 atom stereocenters. The van der Waals surface area contributed by atoms with E-state index >= 15 is 0 Å². The number of amides is 2. The van der Waals surface area contributed by atoms with E-state index in [1.807, 2.05) is 36.1 Å². The Labute approximate surface area is 246 Å². The van der Waals surface area contributed by atoms with Gasteiger partial charge in [-0.2, -0.15) is 10.1 Å². The number of rotatable bonds is 7. The summed E-state index contributed by atoms with van der Waals surface area (Å²) in [4.78, 5) is 28.1. The summed E-state index contributed by atoms with van der Waals surface area (Å²) in [6, 6.07) is 12.3. The zero-order valence-electron chi connectivity index (χ0n) is 23.7. The molecule has 220 valence electrons. The Hall–Kier alpha value is -4.40. The number of anilines is 5. The predicted molar refractivity (Wildman–Crippen MR) is 162 cm³/mol. The number of hydrogen-bond donors (Lipinski definition) is 4. The van der Waals surface area contributed by atoms with Crippen molar-refractivity contribution < 1.29 is 18.3 Å². The molecule has 4 heterocycles. The maximum atomic E-state index is 13.1. The highest BCUT2D eigenvalue weighted by Crippen LogP contribution is 2.27. The molecule has 1 fully saturated rings. The number of benzene rings is 1. The number of aromatic nitrogens is 5. The number of carbonyl (C=O) groups excluding carboxylic acids is 1. The Morgan fingerprint density at radius 3 is 2.71 bits per heavy atom. The first-order chi connectivity index (χ1) is 20.1. The molecule has 0 saturated carbocycles. The molecule has 1 saturated heterocycles. The van der Waals surface area contributed by atoms with E-state index < -0.39 is 22.5 Å². The molecule has 4 N–H and O–H groups in total. The van der Waals surface area contributed by atoms with Crippen molar-refractivity contribution in [3.8, 4) is 5.69 Å². The molecular weight excluding hydrogens is 558 g/mol. The number of carbonyl (C=O) groups is 1. The summed E-state index contributed by atoms with van der Waals surface area (Å²) >= 11 is -2.09.